The number of pyridine rings is 1. The van der Waals surface area contributed by atoms with Crippen molar-refractivity contribution in [2.75, 3.05) is 5.32 Å². The van der Waals surface area contributed by atoms with Crippen molar-refractivity contribution in [3.63, 3.8) is 0 Å². The van der Waals surface area contributed by atoms with E-state index in [0.717, 1.165) is 33.5 Å². The lowest BCUT2D eigenvalue weighted by Gasteiger charge is -2.07. The first-order valence-corrected chi connectivity index (χ1v) is 8.36. The lowest BCUT2D eigenvalue weighted by molar-refractivity contribution is 0.770. The molecule has 2 heterocycles. The Kier molecular flexibility index (Phi) is 4.08. The van der Waals surface area contributed by atoms with E-state index in [0.29, 0.717) is 12.1 Å². The standard InChI is InChI=1S/C21H17N5/c1-26-14-18(21(25-26)16-5-3-2-4-6-16)13-23-20-10-8-17-11-15(12-22)7-9-19(17)24-20/h2-11,14H,13H2,1H3,(H,23,24). The van der Waals surface area contributed by atoms with Gasteiger partial charge in [-0.05, 0) is 30.3 Å². The minimum absolute atomic E-state index is 0.632. The van der Waals surface area contributed by atoms with Gasteiger partial charge in [0.2, 0.25) is 0 Å². The van der Waals surface area contributed by atoms with Crippen molar-refractivity contribution in [1.82, 2.24) is 14.8 Å². The van der Waals surface area contributed by atoms with E-state index in [4.69, 9.17) is 5.26 Å². The van der Waals surface area contributed by atoms with Crippen LogP contribution in [0, 0.1) is 11.3 Å². The van der Waals surface area contributed by atoms with Gasteiger partial charge in [-0.2, -0.15) is 10.4 Å². The minimum Gasteiger partial charge on any atom is -0.366 e. The first kappa shape index (κ1) is 15.9. The van der Waals surface area contributed by atoms with Gasteiger partial charge in [-0.1, -0.05) is 30.3 Å². The van der Waals surface area contributed by atoms with Gasteiger partial charge in [0.25, 0.3) is 0 Å². The molecule has 26 heavy (non-hydrogen) atoms. The van der Waals surface area contributed by atoms with E-state index >= 15 is 0 Å². The van der Waals surface area contributed by atoms with Gasteiger partial charge in [0.05, 0.1) is 22.8 Å². The van der Waals surface area contributed by atoms with Crippen LogP contribution in [0.4, 0.5) is 5.82 Å². The van der Waals surface area contributed by atoms with Gasteiger partial charge in [0.15, 0.2) is 0 Å². The average Bonchev–Trinajstić information content (AvgIpc) is 3.07. The van der Waals surface area contributed by atoms with Crippen LogP contribution in [0.5, 0.6) is 0 Å². The fraction of sp³-hybridized carbons (Fsp3) is 0.0952. The molecule has 0 fully saturated rings. The number of hydrogen-bond acceptors (Lipinski definition) is 4. The highest BCUT2D eigenvalue weighted by Crippen LogP contribution is 2.23. The van der Waals surface area contributed by atoms with E-state index in [1.807, 2.05) is 60.4 Å². The Balaban J connectivity index is 1.58. The molecule has 0 aliphatic rings. The molecule has 0 bridgehead atoms. The molecule has 126 valence electrons. The van der Waals surface area contributed by atoms with Crippen molar-refractivity contribution in [3.8, 4) is 17.3 Å². The number of anilines is 1. The first-order chi connectivity index (χ1) is 12.7. The van der Waals surface area contributed by atoms with Crippen molar-refractivity contribution in [3.05, 3.63) is 78.0 Å². The Hall–Kier alpha value is -3.65. The summed E-state index contributed by atoms with van der Waals surface area (Å²) in [5.41, 5.74) is 4.69. The van der Waals surface area contributed by atoms with E-state index < -0.39 is 0 Å². The Morgan fingerprint density at radius 3 is 2.73 bits per heavy atom. The van der Waals surface area contributed by atoms with Crippen LogP contribution < -0.4 is 5.32 Å². The monoisotopic (exact) mass is 339 g/mol. The summed E-state index contributed by atoms with van der Waals surface area (Å²) in [5, 5.41) is 17.9. The van der Waals surface area contributed by atoms with E-state index in [2.05, 4.69) is 33.6 Å². The summed E-state index contributed by atoms with van der Waals surface area (Å²) in [6, 6.07) is 21.7. The Morgan fingerprint density at radius 2 is 1.92 bits per heavy atom. The van der Waals surface area contributed by atoms with E-state index in [9.17, 15) is 0 Å². The zero-order valence-electron chi connectivity index (χ0n) is 14.3. The molecule has 5 heteroatoms. The second-order valence-corrected chi connectivity index (χ2v) is 6.11. The predicted octanol–water partition coefficient (Wildman–Crippen LogP) is 4.12. The molecule has 0 aliphatic heterocycles. The number of benzene rings is 2. The average molecular weight is 339 g/mol. The molecule has 0 atom stereocenters. The number of fused-ring (bicyclic) bond motifs is 1. The molecule has 1 N–H and O–H groups in total. The van der Waals surface area contributed by atoms with Crippen molar-refractivity contribution in [2.45, 2.75) is 6.54 Å². The van der Waals surface area contributed by atoms with Gasteiger partial charge in [-0.3, -0.25) is 4.68 Å². The van der Waals surface area contributed by atoms with Gasteiger partial charge < -0.3 is 5.32 Å². The van der Waals surface area contributed by atoms with Gasteiger partial charge in [0.1, 0.15) is 5.82 Å². The third-order valence-corrected chi connectivity index (χ3v) is 4.23. The second kappa shape index (κ2) is 6.69. The maximum Gasteiger partial charge on any atom is 0.126 e. The molecule has 0 amide bonds. The first-order valence-electron chi connectivity index (χ1n) is 8.36. The molecule has 5 nitrogen and oxygen atoms in total. The zero-order chi connectivity index (χ0) is 17.9. The summed E-state index contributed by atoms with van der Waals surface area (Å²) in [6.45, 7) is 0.632. The fourth-order valence-electron chi connectivity index (χ4n) is 2.99. The molecular weight excluding hydrogens is 322 g/mol. The summed E-state index contributed by atoms with van der Waals surface area (Å²) >= 11 is 0. The van der Waals surface area contributed by atoms with Crippen molar-refractivity contribution < 1.29 is 0 Å². The number of nitrogens with one attached hydrogen (secondary N) is 1. The number of aryl methyl sites for hydroxylation is 1. The Bertz CT molecular complexity index is 1110. The highest BCUT2D eigenvalue weighted by Gasteiger charge is 2.10. The van der Waals surface area contributed by atoms with Crippen molar-refractivity contribution >= 4 is 16.7 Å². The molecule has 0 radical (unpaired) electrons. The number of hydrogen-bond donors (Lipinski definition) is 1. The number of nitriles is 1. The SMILES string of the molecule is Cn1cc(CNc2ccc3cc(C#N)ccc3n2)c(-c2ccccc2)n1. The molecule has 0 saturated heterocycles. The molecule has 0 spiro atoms. The van der Waals surface area contributed by atoms with Crippen LogP contribution in [-0.4, -0.2) is 14.8 Å². The molecule has 0 unspecified atom stereocenters. The molecular formula is C21H17N5. The summed E-state index contributed by atoms with van der Waals surface area (Å²) in [4.78, 5) is 4.63. The normalized spacial score (nSPS) is 10.6. The second-order valence-electron chi connectivity index (χ2n) is 6.11. The number of nitrogens with zero attached hydrogens (tertiary/aromatic N) is 4. The van der Waals surface area contributed by atoms with Crippen LogP contribution in [0.25, 0.3) is 22.2 Å². The van der Waals surface area contributed by atoms with Gasteiger partial charge in [0, 0.05) is 36.3 Å². The predicted molar refractivity (Wildman–Crippen MR) is 102 cm³/mol. The largest absolute Gasteiger partial charge is 0.366 e. The molecule has 2 aromatic heterocycles. The quantitative estimate of drug-likeness (QED) is 0.607. The molecule has 0 aliphatic carbocycles. The number of rotatable bonds is 4. The van der Waals surface area contributed by atoms with Gasteiger partial charge in [-0.15, -0.1) is 0 Å². The molecule has 0 saturated carbocycles. The molecule has 4 aromatic rings. The Labute approximate surface area is 151 Å². The third-order valence-electron chi connectivity index (χ3n) is 4.23. The van der Waals surface area contributed by atoms with Crippen molar-refractivity contribution in [2.24, 2.45) is 7.05 Å². The summed E-state index contributed by atoms with van der Waals surface area (Å²) in [7, 11) is 1.93. The highest BCUT2D eigenvalue weighted by molar-refractivity contribution is 5.81. The smallest absolute Gasteiger partial charge is 0.126 e. The third kappa shape index (κ3) is 3.13. The van der Waals surface area contributed by atoms with E-state index in [1.165, 1.54) is 0 Å². The maximum absolute atomic E-state index is 8.99. The van der Waals surface area contributed by atoms with Crippen LogP contribution in [0.3, 0.4) is 0 Å². The van der Waals surface area contributed by atoms with E-state index in [1.54, 1.807) is 6.07 Å². The highest BCUT2D eigenvalue weighted by atomic mass is 15.3. The van der Waals surface area contributed by atoms with E-state index in [-0.39, 0.29) is 0 Å². The summed E-state index contributed by atoms with van der Waals surface area (Å²) in [6.07, 6.45) is 2.02. The van der Waals surface area contributed by atoms with Crippen LogP contribution in [0.1, 0.15) is 11.1 Å². The van der Waals surface area contributed by atoms with Crippen LogP contribution >= 0.6 is 0 Å². The van der Waals surface area contributed by atoms with Crippen molar-refractivity contribution in [1.29, 1.82) is 5.26 Å². The van der Waals surface area contributed by atoms with Crippen LogP contribution in [0.15, 0.2) is 66.9 Å². The Morgan fingerprint density at radius 1 is 1.08 bits per heavy atom. The topological polar surface area (TPSA) is 66.5 Å². The zero-order valence-corrected chi connectivity index (χ0v) is 14.3. The van der Waals surface area contributed by atoms with Crippen LogP contribution in [-0.2, 0) is 13.6 Å². The maximum atomic E-state index is 8.99. The fourth-order valence-corrected chi connectivity index (χ4v) is 2.99. The lowest BCUT2D eigenvalue weighted by atomic mass is 10.1. The van der Waals surface area contributed by atoms with Gasteiger partial charge in [-0.25, -0.2) is 4.98 Å². The minimum atomic E-state index is 0.632. The molecule has 4 rings (SSSR count). The summed E-state index contributed by atoms with van der Waals surface area (Å²) in [5.74, 6) is 0.796. The summed E-state index contributed by atoms with van der Waals surface area (Å²) < 4.78 is 1.83. The van der Waals surface area contributed by atoms with Gasteiger partial charge >= 0.3 is 0 Å². The number of aromatic nitrogens is 3. The van der Waals surface area contributed by atoms with Crippen LogP contribution in [0.2, 0.25) is 0 Å². The lowest BCUT2D eigenvalue weighted by Crippen LogP contribution is -2.02. The molecule has 2 aromatic carbocycles.